The zero-order chi connectivity index (χ0) is 14.8. The molecule has 0 aromatic heterocycles. The van der Waals surface area contributed by atoms with Gasteiger partial charge in [-0.15, -0.1) is 0 Å². The van der Waals surface area contributed by atoms with Crippen molar-refractivity contribution in [3.63, 3.8) is 0 Å². The normalized spacial score (nSPS) is 9.95. The van der Waals surface area contributed by atoms with Crippen molar-refractivity contribution >= 4 is 0 Å². The Hall–Kier alpha value is -2.08. The number of hydrogen-bond donors (Lipinski definition) is 1. The van der Waals surface area contributed by atoms with Gasteiger partial charge in [-0.1, -0.05) is 54.3 Å². The Kier molecular flexibility index (Phi) is 6.54. The largest absolute Gasteiger partial charge is 0.384 e. The molecule has 0 saturated heterocycles. The van der Waals surface area contributed by atoms with Crippen LogP contribution in [-0.2, 0) is 17.8 Å². The Morgan fingerprint density at radius 3 is 2.38 bits per heavy atom. The van der Waals surface area contributed by atoms with Crippen LogP contribution in [0.15, 0.2) is 54.6 Å². The van der Waals surface area contributed by atoms with Crippen molar-refractivity contribution in [1.29, 1.82) is 0 Å². The van der Waals surface area contributed by atoms with Crippen LogP contribution in [0.25, 0.3) is 0 Å². The van der Waals surface area contributed by atoms with Crippen LogP contribution < -0.4 is 0 Å². The number of aryl methyl sites for hydroxylation is 1. The number of hydrogen-bond acceptors (Lipinski definition) is 2. The molecule has 0 amide bonds. The lowest BCUT2D eigenvalue weighted by molar-refractivity contribution is 0.118. The van der Waals surface area contributed by atoms with Gasteiger partial charge in [-0.3, -0.25) is 0 Å². The zero-order valence-electron chi connectivity index (χ0n) is 12.1. The van der Waals surface area contributed by atoms with E-state index in [2.05, 4.69) is 36.1 Å². The Bertz CT molecular complexity index is 576. The fourth-order valence-corrected chi connectivity index (χ4v) is 2.04. The van der Waals surface area contributed by atoms with E-state index in [9.17, 15) is 0 Å². The van der Waals surface area contributed by atoms with Crippen LogP contribution in [0, 0.1) is 11.8 Å². The van der Waals surface area contributed by atoms with Crippen molar-refractivity contribution < 1.29 is 9.84 Å². The first-order valence-corrected chi connectivity index (χ1v) is 7.19. The summed E-state index contributed by atoms with van der Waals surface area (Å²) in [5.74, 6) is 5.51. The molecule has 108 valence electrons. The molecule has 0 spiro atoms. The molecule has 2 aromatic rings. The van der Waals surface area contributed by atoms with Crippen molar-refractivity contribution in [2.24, 2.45) is 0 Å². The fraction of sp³-hybridized carbons (Fsp3) is 0.263. The van der Waals surface area contributed by atoms with Gasteiger partial charge in [-0.05, 0) is 36.1 Å². The first-order valence-electron chi connectivity index (χ1n) is 7.19. The SMILES string of the molecule is OCC#Cc1ccc(COCCCc2ccccc2)cc1. The Balaban J connectivity index is 1.66. The minimum Gasteiger partial charge on any atom is -0.384 e. The third-order valence-corrected chi connectivity index (χ3v) is 3.13. The molecule has 0 fully saturated rings. The van der Waals surface area contributed by atoms with Gasteiger partial charge in [0.05, 0.1) is 6.61 Å². The van der Waals surface area contributed by atoms with Crippen LogP contribution in [0.3, 0.4) is 0 Å². The summed E-state index contributed by atoms with van der Waals surface area (Å²) >= 11 is 0. The maximum Gasteiger partial charge on any atom is 0.104 e. The molecule has 0 aliphatic carbocycles. The first-order chi connectivity index (χ1) is 10.4. The molecule has 0 saturated carbocycles. The van der Waals surface area contributed by atoms with E-state index in [0.717, 1.165) is 30.6 Å². The van der Waals surface area contributed by atoms with E-state index in [1.54, 1.807) is 0 Å². The average Bonchev–Trinajstić information content (AvgIpc) is 2.55. The second kappa shape index (κ2) is 8.97. The topological polar surface area (TPSA) is 29.5 Å². The van der Waals surface area contributed by atoms with Gasteiger partial charge in [-0.25, -0.2) is 0 Å². The molecule has 1 N–H and O–H groups in total. The second-order valence-electron chi connectivity index (χ2n) is 4.80. The molecule has 0 radical (unpaired) electrons. The Labute approximate surface area is 126 Å². The molecule has 0 aliphatic heterocycles. The minimum absolute atomic E-state index is 0.105. The van der Waals surface area contributed by atoms with Gasteiger partial charge in [0.15, 0.2) is 0 Å². The van der Waals surface area contributed by atoms with Gasteiger partial charge < -0.3 is 9.84 Å². The molecule has 0 aliphatic rings. The van der Waals surface area contributed by atoms with Crippen LogP contribution >= 0.6 is 0 Å². The van der Waals surface area contributed by atoms with Crippen molar-refractivity contribution in [1.82, 2.24) is 0 Å². The summed E-state index contributed by atoms with van der Waals surface area (Å²) in [4.78, 5) is 0. The van der Waals surface area contributed by atoms with Crippen LogP contribution in [0.4, 0.5) is 0 Å². The highest BCUT2D eigenvalue weighted by Gasteiger charge is 1.95. The van der Waals surface area contributed by atoms with Crippen LogP contribution in [0.2, 0.25) is 0 Å². The number of aliphatic hydroxyl groups excluding tert-OH is 1. The average molecular weight is 280 g/mol. The molecule has 0 atom stereocenters. The van der Waals surface area contributed by atoms with Crippen molar-refractivity contribution in [2.45, 2.75) is 19.4 Å². The number of benzene rings is 2. The van der Waals surface area contributed by atoms with Gasteiger partial charge in [-0.2, -0.15) is 0 Å². The van der Waals surface area contributed by atoms with Crippen molar-refractivity contribution in [3.8, 4) is 11.8 Å². The molecule has 2 nitrogen and oxygen atoms in total. The van der Waals surface area contributed by atoms with E-state index in [-0.39, 0.29) is 6.61 Å². The predicted molar refractivity (Wildman–Crippen MR) is 84.8 cm³/mol. The number of rotatable bonds is 6. The number of aliphatic hydroxyl groups is 1. The second-order valence-corrected chi connectivity index (χ2v) is 4.80. The third kappa shape index (κ3) is 5.83. The highest BCUT2D eigenvalue weighted by Crippen LogP contribution is 2.06. The highest BCUT2D eigenvalue weighted by atomic mass is 16.5. The van der Waals surface area contributed by atoms with E-state index >= 15 is 0 Å². The van der Waals surface area contributed by atoms with E-state index in [1.807, 2.05) is 30.3 Å². The summed E-state index contributed by atoms with van der Waals surface area (Å²) < 4.78 is 5.69. The highest BCUT2D eigenvalue weighted by molar-refractivity contribution is 5.36. The molecule has 0 bridgehead atoms. The van der Waals surface area contributed by atoms with Crippen LogP contribution in [0.1, 0.15) is 23.1 Å². The van der Waals surface area contributed by atoms with E-state index in [0.29, 0.717) is 6.61 Å². The van der Waals surface area contributed by atoms with Crippen molar-refractivity contribution in [2.75, 3.05) is 13.2 Å². The summed E-state index contributed by atoms with van der Waals surface area (Å²) in [5, 5.41) is 8.64. The predicted octanol–water partition coefficient (Wildman–Crippen LogP) is 3.18. The van der Waals surface area contributed by atoms with E-state index < -0.39 is 0 Å². The molecule has 2 rings (SSSR count). The van der Waals surface area contributed by atoms with E-state index in [1.165, 1.54) is 5.56 Å². The third-order valence-electron chi connectivity index (χ3n) is 3.13. The van der Waals surface area contributed by atoms with Crippen molar-refractivity contribution in [3.05, 3.63) is 71.3 Å². The molecule has 2 aromatic carbocycles. The summed E-state index contributed by atoms with van der Waals surface area (Å²) in [6.45, 7) is 1.29. The smallest absolute Gasteiger partial charge is 0.104 e. The molecular formula is C19H20O2. The molecule has 0 heterocycles. The van der Waals surface area contributed by atoms with Gasteiger partial charge in [0, 0.05) is 12.2 Å². The Morgan fingerprint density at radius 2 is 1.67 bits per heavy atom. The van der Waals surface area contributed by atoms with Gasteiger partial charge in [0.2, 0.25) is 0 Å². The standard InChI is InChI=1S/C19H20O2/c20-14-4-8-18-10-12-19(13-11-18)16-21-15-5-9-17-6-2-1-3-7-17/h1-3,6-7,10-13,20H,5,9,14-16H2. The Morgan fingerprint density at radius 1 is 0.905 bits per heavy atom. The lowest BCUT2D eigenvalue weighted by Crippen LogP contribution is -1.97. The summed E-state index contributed by atoms with van der Waals surface area (Å²) in [6.07, 6.45) is 2.08. The lowest BCUT2D eigenvalue weighted by atomic mass is 10.1. The monoisotopic (exact) mass is 280 g/mol. The maximum atomic E-state index is 8.64. The zero-order valence-corrected chi connectivity index (χ0v) is 12.1. The minimum atomic E-state index is -0.105. The van der Waals surface area contributed by atoms with Crippen LogP contribution in [-0.4, -0.2) is 18.3 Å². The van der Waals surface area contributed by atoms with Gasteiger partial charge in [0.1, 0.15) is 6.61 Å². The quantitative estimate of drug-likeness (QED) is 0.650. The van der Waals surface area contributed by atoms with E-state index in [4.69, 9.17) is 9.84 Å². The van der Waals surface area contributed by atoms with Gasteiger partial charge >= 0.3 is 0 Å². The van der Waals surface area contributed by atoms with Gasteiger partial charge in [0.25, 0.3) is 0 Å². The molecule has 0 unspecified atom stereocenters. The number of ether oxygens (including phenoxy) is 1. The molecular weight excluding hydrogens is 260 g/mol. The molecule has 2 heteroatoms. The van der Waals surface area contributed by atoms with Crippen LogP contribution in [0.5, 0.6) is 0 Å². The first kappa shape index (κ1) is 15.3. The summed E-state index contributed by atoms with van der Waals surface area (Å²) in [6, 6.07) is 18.4. The fourth-order valence-electron chi connectivity index (χ4n) is 2.04. The summed E-state index contributed by atoms with van der Waals surface area (Å²) in [5.41, 5.74) is 3.41. The summed E-state index contributed by atoms with van der Waals surface area (Å²) in [7, 11) is 0. The lowest BCUT2D eigenvalue weighted by Gasteiger charge is -2.05. The maximum absolute atomic E-state index is 8.64. The molecule has 21 heavy (non-hydrogen) atoms.